The lowest BCUT2D eigenvalue weighted by atomic mass is 10.2. The molecule has 26 heavy (non-hydrogen) atoms. The molecule has 1 fully saturated rings. The van der Waals surface area contributed by atoms with Gasteiger partial charge in [0.1, 0.15) is 5.75 Å². The summed E-state index contributed by atoms with van der Waals surface area (Å²) in [7, 11) is 1.52. The van der Waals surface area contributed by atoms with Crippen LogP contribution in [0, 0.1) is 25.7 Å². The first-order valence-electron chi connectivity index (χ1n) is 8.42. The molecular formula is C20H21ClN2O3. The van der Waals surface area contributed by atoms with Gasteiger partial charge < -0.3 is 15.4 Å². The van der Waals surface area contributed by atoms with E-state index in [4.69, 9.17) is 16.3 Å². The van der Waals surface area contributed by atoms with Crippen molar-refractivity contribution in [1.29, 1.82) is 0 Å². The highest BCUT2D eigenvalue weighted by Crippen LogP contribution is 2.41. The van der Waals surface area contributed by atoms with Gasteiger partial charge in [-0.3, -0.25) is 9.59 Å². The number of para-hydroxylation sites is 1. The zero-order chi connectivity index (χ0) is 18.8. The molecule has 1 aliphatic carbocycles. The first kappa shape index (κ1) is 18.3. The van der Waals surface area contributed by atoms with Crippen molar-refractivity contribution in [2.75, 3.05) is 17.7 Å². The van der Waals surface area contributed by atoms with E-state index >= 15 is 0 Å². The second-order valence-electron chi connectivity index (χ2n) is 6.54. The molecule has 3 rings (SSSR count). The number of anilines is 2. The van der Waals surface area contributed by atoms with Crippen molar-refractivity contribution in [3.8, 4) is 5.75 Å². The smallest absolute Gasteiger partial charge is 0.228 e. The summed E-state index contributed by atoms with van der Waals surface area (Å²) in [6.45, 7) is 3.79. The molecule has 0 spiro atoms. The van der Waals surface area contributed by atoms with Crippen molar-refractivity contribution in [3.05, 3.63) is 52.5 Å². The van der Waals surface area contributed by atoms with Crippen LogP contribution in [0.3, 0.4) is 0 Å². The quantitative estimate of drug-likeness (QED) is 0.827. The Kier molecular flexibility index (Phi) is 5.18. The number of carbonyl (C=O) groups is 2. The van der Waals surface area contributed by atoms with Crippen LogP contribution in [0.2, 0.25) is 5.02 Å². The number of hydrogen-bond donors (Lipinski definition) is 2. The topological polar surface area (TPSA) is 67.4 Å². The van der Waals surface area contributed by atoms with E-state index in [1.807, 2.05) is 38.1 Å². The fourth-order valence-electron chi connectivity index (χ4n) is 2.87. The summed E-state index contributed by atoms with van der Waals surface area (Å²) >= 11 is 6.08. The van der Waals surface area contributed by atoms with Crippen molar-refractivity contribution in [1.82, 2.24) is 0 Å². The third kappa shape index (κ3) is 3.83. The molecule has 2 aromatic carbocycles. The highest BCUT2D eigenvalue weighted by molar-refractivity contribution is 6.31. The lowest BCUT2D eigenvalue weighted by Gasteiger charge is -2.12. The van der Waals surface area contributed by atoms with Gasteiger partial charge in [-0.05, 0) is 43.5 Å². The summed E-state index contributed by atoms with van der Waals surface area (Å²) in [5, 5.41) is 6.32. The molecule has 2 amide bonds. The Morgan fingerprint density at radius 2 is 1.62 bits per heavy atom. The van der Waals surface area contributed by atoms with Gasteiger partial charge in [0, 0.05) is 16.8 Å². The lowest BCUT2D eigenvalue weighted by Crippen LogP contribution is -2.21. The first-order chi connectivity index (χ1) is 12.4. The summed E-state index contributed by atoms with van der Waals surface area (Å²) in [6.07, 6.45) is 0.540. The van der Waals surface area contributed by atoms with Crippen molar-refractivity contribution in [2.24, 2.45) is 11.8 Å². The molecule has 2 unspecified atom stereocenters. The summed E-state index contributed by atoms with van der Waals surface area (Å²) in [4.78, 5) is 24.9. The van der Waals surface area contributed by atoms with Crippen molar-refractivity contribution in [3.63, 3.8) is 0 Å². The number of carbonyl (C=O) groups excluding carboxylic acids is 2. The molecule has 2 N–H and O–H groups in total. The predicted octanol–water partition coefficient (Wildman–Crippen LogP) is 4.18. The molecule has 0 bridgehead atoms. The van der Waals surface area contributed by atoms with E-state index in [-0.39, 0.29) is 23.7 Å². The van der Waals surface area contributed by atoms with Crippen LogP contribution < -0.4 is 15.4 Å². The molecule has 0 heterocycles. The third-order valence-electron chi connectivity index (χ3n) is 4.61. The Morgan fingerprint density at radius 3 is 2.23 bits per heavy atom. The van der Waals surface area contributed by atoms with Crippen molar-refractivity contribution in [2.45, 2.75) is 20.3 Å². The van der Waals surface area contributed by atoms with Gasteiger partial charge in [-0.1, -0.05) is 29.8 Å². The minimum Gasteiger partial charge on any atom is -0.495 e. The van der Waals surface area contributed by atoms with E-state index in [0.29, 0.717) is 22.9 Å². The standard InChI is InChI=1S/C20H21ClN2O3/c1-11-6-4-5-7-16(11)22-19(24)13-9-14(13)20(25)23-17-8-12(2)15(21)10-18(17)26-3/h4-8,10,13-14H,9H2,1-3H3,(H,22,24)(H,23,25). The van der Waals surface area contributed by atoms with Crippen LogP contribution in [0.1, 0.15) is 17.5 Å². The molecule has 2 atom stereocenters. The summed E-state index contributed by atoms with van der Waals surface area (Å²) in [5.74, 6) is -0.460. The van der Waals surface area contributed by atoms with E-state index in [1.165, 1.54) is 7.11 Å². The largest absolute Gasteiger partial charge is 0.495 e. The zero-order valence-electron chi connectivity index (χ0n) is 14.9. The Balaban J connectivity index is 1.64. The van der Waals surface area contributed by atoms with Gasteiger partial charge in [-0.2, -0.15) is 0 Å². The number of aryl methyl sites for hydroxylation is 2. The number of halogens is 1. The van der Waals surface area contributed by atoms with E-state index in [2.05, 4.69) is 10.6 Å². The molecular weight excluding hydrogens is 352 g/mol. The molecule has 0 aliphatic heterocycles. The highest BCUT2D eigenvalue weighted by Gasteiger charge is 2.48. The second-order valence-corrected chi connectivity index (χ2v) is 6.95. The van der Waals surface area contributed by atoms with E-state index in [9.17, 15) is 9.59 Å². The Hall–Kier alpha value is -2.53. The Labute approximate surface area is 157 Å². The number of amides is 2. The second kappa shape index (κ2) is 7.38. The highest BCUT2D eigenvalue weighted by atomic mass is 35.5. The minimum absolute atomic E-state index is 0.126. The van der Waals surface area contributed by atoms with Crippen LogP contribution in [-0.2, 0) is 9.59 Å². The number of rotatable bonds is 5. The lowest BCUT2D eigenvalue weighted by molar-refractivity contribution is -0.122. The average molecular weight is 373 g/mol. The van der Waals surface area contributed by atoms with Crippen LogP contribution in [0.5, 0.6) is 5.75 Å². The van der Waals surface area contributed by atoms with Crippen LogP contribution in [-0.4, -0.2) is 18.9 Å². The summed E-state index contributed by atoms with van der Waals surface area (Å²) in [5.41, 5.74) is 3.17. The number of benzene rings is 2. The van der Waals surface area contributed by atoms with Crippen molar-refractivity contribution < 1.29 is 14.3 Å². The molecule has 1 aliphatic rings. The summed E-state index contributed by atoms with van der Waals surface area (Å²) < 4.78 is 5.27. The van der Waals surface area contributed by atoms with Gasteiger partial charge in [-0.15, -0.1) is 0 Å². The molecule has 5 nitrogen and oxygen atoms in total. The van der Waals surface area contributed by atoms with Crippen LogP contribution in [0.25, 0.3) is 0 Å². The molecule has 6 heteroatoms. The van der Waals surface area contributed by atoms with Crippen LogP contribution >= 0.6 is 11.6 Å². The number of methoxy groups -OCH3 is 1. The molecule has 2 aromatic rings. The van der Waals surface area contributed by atoms with Gasteiger partial charge in [-0.25, -0.2) is 0 Å². The van der Waals surface area contributed by atoms with Gasteiger partial charge in [0.15, 0.2) is 0 Å². The fourth-order valence-corrected chi connectivity index (χ4v) is 3.02. The maximum atomic E-state index is 12.5. The third-order valence-corrected chi connectivity index (χ3v) is 5.01. The maximum Gasteiger partial charge on any atom is 0.228 e. The number of hydrogen-bond acceptors (Lipinski definition) is 3. The molecule has 0 aromatic heterocycles. The Morgan fingerprint density at radius 1 is 1.00 bits per heavy atom. The molecule has 1 saturated carbocycles. The van der Waals surface area contributed by atoms with Crippen LogP contribution in [0.4, 0.5) is 11.4 Å². The average Bonchev–Trinajstić information content (AvgIpc) is 3.41. The summed E-state index contributed by atoms with van der Waals surface area (Å²) in [6, 6.07) is 11.0. The van der Waals surface area contributed by atoms with Gasteiger partial charge in [0.2, 0.25) is 11.8 Å². The Bertz CT molecular complexity index is 866. The minimum atomic E-state index is -0.334. The molecule has 0 saturated heterocycles. The predicted molar refractivity (Wildman–Crippen MR) is 103 cm³/mol. The first-order valence-corrected chi connectivity index (χ1v) is 8.80. The number of nitrogens with one attached hydrogen (secondary N) is 2. The zero-order valence-corrected chi connectivity index (χ0v) is 15.7. The maximum absolute atomic E-state index is 12.5. The van der Waals surface area contributed by atoms with Gasteiger partial charge in [0.05, 0.1) is 24.6 Å². The molecule has 0 radical (unpaired) electrons. The monoisotopic (exact) mass is 372 g/mol. The van der Waals surface area contributed by atoms with E-state index in [0.717, 1.165) is 16.8 Å². The van der Waals surface area contributed by atoms with Crippen molar-refractivity contribution >= 4 is 34.8 Å². The number of ether oxygens (including phenoxy) is 1. The fraction of sp³-hybridized carbons (Fsp3) is 0.300. The SMILES string of the molecule is COc1cc(Cl)c(C)cc1NC(=O)C1CC1C(=O)Nc1ccccc1C. The van der Waals surface area contributed by atoms with E-state index in [1.54, 1.807) is 12.1 Å². The van der Waals surface area contributed by atoms with Gasteiger partial charge >= 0.3 is 0 Å². The normalized spacial score (nSPS) is 18.2. The van der Waals surface area contributed by atoms with Crippen LogP contribution in [0.15, 0.2) is 36.4 Å². The molecule has 136 valence electrons. The van der Waals surface area contributed by atoms with Gasteiger partial charge in [0.25, 0.3) is 0 Å². The van der Waals surface area contributed by atoms with E-state index < -0.39 is 0 Å².